The number of benzene rings is 1. The summed E-state index contributed by atoms with van der Waals surface area (Å²) in [5, 5.41) is 15.6. The lowest BCUT2D eigenvalue weighted by atomic mass is 10.0. The van der Waals surface area contributed by atoms with Crippen LogP contribution in [0.3, 0.4) is 0 Å². The molecule has 0 atom stereocenters. The molecule has 0 saturated carbocycles. The maximum atomic E-state index is 4.16. The zero-order chi connectivity index (χ0) is 17.8. The molecule has 4 rings (SSSR count). The Labute approximate surface area is 151 Å². The van der Waals surface area contributed by atoms with E-state index in [4.69, 9.17) is 0 Å². The standard InChI is InChI=1S/C19H21N7/c1-15-4-2-5-16(10-15)18-11-17(19-22-23-24-26(19)13-18)12-20-6-3-8-25-9-7-21-14-25/h2,4-5,7,9-11,13-14,20H,3,6,8,12H2,1H3. The van der Waals surface area contributed by atoms with Gasteiger partial charge in [0.15, 0.2) is 5.65 Å². The summed E-state index contributed by atoms with van der Waals surface area (Å²) in [6, 6.07) is 10.6. The molecule has 0 fully saturated rings. The Hall–Kier alpha value is -3.06. The predicted octanol–water partition coefficient (Wildman–Crippen LogP) is 2.48. The van der Waals surface area contributed by atoms with Gasteiger partial charge in [-0.25, -0.2) is 4.98 Å². The van der Waals surface area contributed by atoms with Gasteiger partial charge in [0.05, 0.1) is 6.33 Å². The van der Waals surface area contributed by atoms with Crippen molar-refractivity contribution < 1.29 is 0 Å². The minimum atomic E-state index is 0.730. The number of imidazole rings is 1. The topological polar surface area (TPSA) is 72.9 Å². The van der Waals surface area contributed by atoms with E-state index in [-0.39, 0.29) is 0 Å². The minimum Gasteiger partial charge on any atom is -0.337 e. The number of hydrogen-bond donors (Lipinski definition) is 1. The molecule has 0 bridgehead atoms. The summed E-state index contributed by atoms with van der Waals surface area (Å²) < 4.78 is 3.83. The summed E-state index contributed by atoms with van der Waals surface area (Å²) in [5.74, 6) is 0. The molecular weight excluding hydrogens is 326 g/mol. The van der Waals surface area contributed by atoms with E-state index in [1.807, 2.05) is 18.7 Å². The average Bonchev–Trinajstić information content (AvgIpc) is 3.32. The van der Waals surface area contributed by atoms with Crippen LogP contribution in [-0.2, 0) is 13.1 Å². The van der Waals surface area contributed by atoms with Crippen molar-refractivity contribution in [1.82, 2.24) is 34.9 Å². The highest BCUT2D eigenvalue weighted by atomic mass is 15.5. The number of fused-ring (bicyclic) bond motifs is 1. The summed E-state index contributed by atoms with van der Waals surface area (Å²) in [4.78, 5) is 4.06. The van der Waals surface area contributed by atoms with E-state index >= 15 is 0 Å². The molecule has 3 heterocycles. The zero-order valence-corrected chi connectivity index (χ0v) is 14.7. The summed E-state index contributed by atoms with van der Waals surface area (Å²) in [7, 11) is 0. The third-order valence-corrected chi connectivity index (χ3v) is 4.37. The Balaban J connectivity index is 1.48. The largest absolute Gasteiger partial charge is 0.337 e. The SMILES string of the molecule is Cc1cccc(-c2cc(CNCCCn3ccnc3)c3nnnn3c2)c1. The molecule has 132 valence electrons. The number of aryl methyl sites for hydroxylation is 2. The van der Waals surface area contributed by atoms with Gasteiger partial charge >= 0.3 is 0 Å². The first-order valence-corrected chi connectivity index (χ1v) is 8.74. The van der Waals surface area contributed by atoms with Gasteiger partial charge in [-0.15, -0.1) is 5.10 Å². The lowest BCUT2D eigenvalue weighted by Gasteiger charge is -2.09. The number of aromatic nitrogens is 6. The monoisotopic (exact) mass is 347 g/mol. The van der Waals surface area contributed by atoms with E-state index in [0.717, 1.165) is 42.8 Å². The van der Waals surface area contributed by atoms with Gasteiger partial charge in [0, 0.05) is 42.8 Å². The molecule has 0 aliphatic rings. The molecule has 0 aliphatic carbocycles. The summed E-state index contributed by atoms with van der Waals surface area (Å²) >= 11 is 0. The Morgan fingerprint density at radius 2 is 2.12 bits per heavy atom. The highest BCUT2D eigenvalue weighted by molar-refractivity contribution is 5.67. The third-order valence-electron chi connectivity index (χ3n) is 4.37. The van der Waals surface area contributed by atoms with Gasteiger partial charge in [-0.1, -0.05) is 29.8 Å². The van der Waals surface area contributed by atoms with Crippen molar-refractivity contribution in [3.63, 3.8) is 0 Å². The summed E-state index contributed by atoms with van der Waals surface area (Å²) in [6.45, 7) is 4.70. The lowest BCUT2D eigenvalue weighted by molar-refractivity contribution is 0.581. The van der Waals surface area contributed by atoms with Crippen LogP contribution in [0, 0.1) is 6.92 Å². The Kier molecular flexibility index (Phi) is 4.70. The van der Waals surface area contributed by atoms with Gasteiger partial charge in [0.2, 0.25) is 0 Å². The second-order valence-electron chi connectivity index (χ2n) is 6.40. The molecule has 4 aromatic rings. The maximum Gasteiger partial charge on any atom is 0.183 e. The van der Waals surface area contributed by atoms with Crippen LogP contribution in [-0.4, -0.2) is 36.1 Å². The first-order valence-electron chi connectivity index (χ1n) is 8.74. The molecule has 0 unspecified atom stereocenters. The van der Waals surface area contributed by atoms with Gasteiger partial charge in [-0.2, -0.15) is 4.52 Å². The van der Waals surface area contributed by atoms with Crippen LogP contribution in [0.4, 0.5) is 0 Å². The summed E-state index contributed by atoms with van der Waals surface area (Å²) in [5.41, 5.74) is 5.41. The fraction of sp³-hybridized carbons (Fsp3) is 0.263. The van der Waals surface area contributed by atoms with Crippen molar-refractivity contribution in [2.45, 2.75) is 26.4 Å². The molecule has 3 aromatic heterocycles. The van der Waals surface area contributed by atoms with Crippen molar-refractivity contribution in [1.29, 1.82) is 0 Å². The Bertz CT molecular complexity index is 988. The van der Waals surface area contributed by atoms with Gasteiger partial charge in [-0.05, 0) is 41.9 Å². The number of rotatable bonds is 7. The van der Waals surface area contributed by atoms with Crippen LogP contribution in [0.25, 0.3) is 16.8 Å². The second kappa shape index (κ2) is 7.45. The van der Waals surface area contributed by atoms with Gasteiger partial charge in [0.1, 0.15) is 0 Å². The molecule has 7 heteroatoms. The molecule has 1 aromatic carbocycles. The second-order valence-corrected chi connectivity index (χ2v) is 6.40. The van der Waals surface area contributed by atoms with Crippen molar-refractivity contribution in [2.75, 3.05) is 6.54 Å². The Morgan fingerprint density at radius 3 is 2.96 bits per heavy atom. The minimum absolute atomic E-state index is 0.730. The quantitative estimate of drug-likeness (QED) is 0.520. The van der Waals surface area contributed by atoms with Crippen molar-refractivity contribution in [3.8, 4) is 11.1 Å². The highest BCUT2D eigenvalue weighted by Gasteiger charge is 2.09. The number of nitrogens with zero attached hydrogens (tertiary/aromatic N) is 6. The van der Waals surface area contributed by atoms with Crippen LogP contribution in [0.15, 0.2) is 55.2 Å². The smallest absolute Gasteiger partial charge is 0.183 e. The number of hydrogen-bond acceptors (Lipinski definition) is 5. The third kappa shape index (κ3) is 3.62. The molecule has 7 nitrogen and oxygen atoms in total. The van der Waals surface area contributed by atoms with Crippen LogP contribution in [0.5, 0.6) is 0 Å². The predicted molar refractivity (Wildman–Crippen MR) is 99.5 cm³/mol. The van der Waals surface area contributed by atoms with Gasteiger partial charge < -0.3 is 9.88 Å². The summed E-state index contributed by atoms with van der Waals surface area (Å²) in [6.07, 6.45) is 8.65. The van der Waals surface area contributed by atoms with Crippen LogP contribution >= 0.6 is 0 Å². The fourth-order valence-corrected chi connectivity index (χ4v) is 3.05. The first kappa shape index (κ1) is 16.4. The van der Waals surface area contributed by atoms with Crippen LogP contribution in [0.1, 0.15) is 17.5 Å². The average molecular weight is 347 g/mol. The molecule has 0 amide bonds. The van der Waals surface area contributed by atoms with E-state index in [9.17, 15) is 0 Å². The van der Waals surface area contributed by atoms with E-state index in [1.165, 1.54) is 11.1 Å². The van der Waals surface area contributed by atoms with E-state index in [0.29, 0.717) is 0 Å². The number of tetrazole rings is 1. The van der Waals surface area contributed by atoms with Gasteiger partial charge in [0.25, 0.3) is 0 Å². The zero-order valence-electron chi connectivity index (χ0n) is 14.7. The molecular formula is C19H21N7. The van der Waals surface area contributed by atoms with E-state index in [2.05, 4.69) is 67.6 Å². The van der Waals surface area contributed by atoms with Crippen LogP contribution in [0.2, 0.25) is 0 Å². The molecule has 0 aliphatic heterocycles. The molecule has 0 saturated heterocycles. The van der Waals surface area contributed by atoms with E-state index in [1.54, 1.807) is 10.7 Å². The molecule has 0 radical (unpaired) electrons. The maximum absolute atomic E-state index is 4.16. The van der Waals surface area contributed by atoms with Gasteiger partial charge in [-0.3, -0.25) is 0 Å². The molecule has 26 heavy (non-hydrogen) atoms. The van der Waals surface area contributed by atoms with Crippen molar-refractivity contribution >= 4 is 5.65 Å². The lowest BCUT2D eigenvalue weighted by Crippen LogP contribution is -2.17. The Morgan fingerprint density at radius 1 is 1.15 bits per heavy atom. The first-order chi connectivity index (χ1) is 12.8. The van der Waals surface area contributed by atoms with E-state index < -0.39 is 0 Å². The normalized spacial score (nSPS) is 11.3. The van der Waals surface area contributed by atoms with Crippen molar-refractivity contribution in [3.05, 3.63) is 66.4 Å². The highest BCUT2D eigenvalue weighted by Crippen LogP contribution is 2.23. The fourth-order valence-electron chi connectivity index (χ4n) is 3.05. The number of pyridine rings is 1. The molecule has 1 N–H and O–H groups in total. The van der Waals surface area contributed by atoms with Crippen molar-refractivity contribution in [2.24, 2.45) is 0 Å². The molecule has 0 spiro atoms. The number of nitrogens with one attached hydrogen (secondary N) is 1. The van der Waals surface area contributed by atoms with Crippen LogP contribution < -0.4 is 5.32 Å².